The maximum absolute atomic E-state index is 9.74. The lowest BCUT2D eigenvalue weighted by atomic mass is 9.97. The van der Waals surface area contributed by atoms with Crippen molar-refractivity contribution in [3.8, 4) is 33.4 Å². The summed E-state index contributed by atoms with van der Waals surface area (Å²) in [6.07, 6.45) is 0. The Labute approximate surface area is 336 Å². The predicted molar refractivity (Wildman–Crippen MR) is 237 cm³/mol. The number of hydrogen-bond donors (Lipinski definition) is 0. The summed E-state index contributed by atoms with van der Waals surface area (Å²) in [5.74, 6) is 0. The zero-order chi connectivity index (χ0) is 44.0. The summed E-state index contributed by atoms with van der Waals surface area (Å²) in [6, 6.07) is 48.6. The van der Waals surface area contributed by atoms with E-state index in [2.05, 4.69) is 6.07 Å². The van der Waals surface area contributed by atoms with E-state index in [0.717, 1.165) is 43.1 Å². The normalized spacial score (nSPS) is 13.6. The Morgan fingerprint density at radius 2 is 0.875 bits per heavy atom. The van der Waals surface area contributed by atoms with Crippen molar-refractivity contribution >= 4 is 71.3 Å². The molecule has 0 aliphatic carbocycles. The lowest BCUT2D eigenvalue weighted by Crippen LogP contribution is -2.11. The van der Waals surface area contributed by atoms with Crippen LogP contribution < -0.4 is 4.90 Å². The van der Waals surface area contributed by atoms with Crippen LogP contribution in [0, 0.1) is 0 Å². The fraction of sp³-hybridized carbons (Fsp3) is 0. The van der Waals surface area contributed by atoms with Gasteiger partial charge in [-0.15, -0.1) is 0 Å². The summed E-state index contributed by atoms with van der Waals surface area (Å²) in [6.45, 7) is 0. The highest BCUT2D eigenvalue weighted by Gasteiger charge is 2.21. The van der Waals surface area contributed by atoms with E-state index in [9.17, 15) is 11.0 Å². The Kier molecular flexibility index (Phi) is 5.83. The minimum atomic E-state index is -0.415. The van der Waals surface area contributed by atoms with E-state index >= 15 is 0 Å². The molecular formula is C54H35NO. The average molecular weight is 722 g/mol. The summed E-state index contributed by atoms with van der Waals surface area (Å²) >= 11 is 0. The fourth-order valence-electron chi connectivity index (χ4n) is 7.88. The third kappa shape index (κ3) is 5.34. The molecule has 0 radical (unpaired) electrons. The second kappa shape index (κ2) is 13.2. The summed E-state index contributed by atoms with van der Waals surface area (Å²) in [5.41, 5.74) is 3.52. The zero-order valence-corrected chi connectivity index (χ0v) is 29.9. The average Bonchev–Trinajstić information content (AvgIpc) is 3.72. The minimum absolute atomic E-state index is 0.0975. The quantitative estimate of drug-likeness (QED) is 0.159. The lowest BCUT2D eigenvalue weighted by molar-refractivity contribution is 0.674. The van der Waals surface area contributed by atoms with Gasteiger partial charge in [0.25, 0.3) is 0 Å². The number of nitrogens with zero attached hydrogens (tertiary/aromatic N) is 1. The summed E-state index contributed by atoms with van der Waals surface area (Å²) in [4.78, 5) is 1.37. The zero-order valence-electron chi connectivity index (χ0n) is 37.9. The van der Waals surface area contributed by atoms with Crippen LogP contribution in [-0.4, -0.2) is 0 Å². The molecule has 0 aliphatic rings. The molecular weight excluding hydrogens is 679 g/mol. The van der Waals surface area contributed by atoms with Gasteiger partial charge in [-0.3, -0.25) is 0 Å². The standard InChI is InChI=1S/C54H35NO/c1-2-11-36(12-3-1)37-23-29-43(30-24-37)55(44-31-25-38(26-32-44)41-28-33-46-42(35-41)22-21-39-13-4-6-15-45(39)46)52-20-9-8-17-48(52)49-18-10-19-50-51-34-27-40-14-5-7-16-47(40)53(51)56-54(49)50/h1-35H/i23D,24D,25D,26D,29D,30D,31D,32D. The Morgan fingerprint density at radius 3 is 1.66 bits per heavy atom. The van der Waals surface area contributed by atoms with Crippen molar-refractivity contribution < 1.29 is 15.4 Å². The van der Waals surface area contributed by atoms with Crippen LogP contribution in [0.25, 0.3) is 87.6 Å². The molecule has 10 aromatic carbocycles. The largest absolute Gasteiger partial charge is 0.455 e. The van der Waals surface area contributed by atoms with Gasteiger partial charge in [-0.2, -0.15) is 0 Å². The molecule has 0 spiro atoms. The second-order valence-corrected chi connectivity index (χ2v) is 13.8. The Morgan fingerprint density at radius 1 is 0.339 bits per heavy atom. The van der Waals surface area contributed by atoms with E-state index in [1.165, 1.54) is 4.90 Å². The summed E-state index contributed by atoms with van der Waals surface area (Å²) in [5, 5.41) is 7.74. The molecule has 56 heavy (non-hydrogen) atoms. The van der Waals surface area contributed by atoms with E-state index in [1.54, 1.807) is 36.4 Å². The van der Waals surface area contributed by atoms with Crippen molar-refractivity contribution in [2.75, 3.05) is 4.90 Å². The molecule has 0 atom stereocenters. The van der Waals surface area contributed by atoms with Gasteiger partial charge in [-0.25, -0.2) is 0 Å². The molecule has 0 aliphatic heterocycles. The Balaban J connectivity index is 1.19. The summed E-state index contributed by atoms with van der Waals surface area (Å²) < 4.78 is 83.2. The first kappa shape index (κ1) is 24.8. The second-order valence-electron chi connectivity index (χ2n) is 13.8. The van der Waals surface area contributed by atoms with Crippen LogP contribution >= 0.6 is 0 Å². The molecule has 0 saturated carbocycles. The summed E-state index contributed by atoms with van der Waals surface area (Å²) in [7, 11) is 0. The molecule has 11 aromatic rings. The molecule has 0 saturated heterocycles. The topological polar surface area (TPSA) is 16.4 Å². The van der Waals surface area contributed by atoms with Gasteiger partial charge in [0.05, 0.1) is 16.7 Å². The van der Waals surface area contributed by atoms with E-state index < -0.39 is 24.2 Å². The maximum atomic E-state index is 9.74. The van der Waals surface area contributed by atoms with Crippen LogP contribution in [0.3, 0.4) is 0 Å². The van der Waals surface area contributed by atoms with Gasteiger partial charge in [-0.05, 0) is 91.6 Å². The number of furan rings is 1. The molecule has 262 valence electrons. The van der Waals surface area contributed by atoms with Crippen LogP contribution in [0.5, 0.6) is 0 Å². The first-order chi connectivity index (χ1) is 31.1. The van der Waals surface area contributed by atoms with Crippen molar-refractivity contribution in [3.63, 3.8) is 0 Å². The van der Waals surface area contributed by atoms with Crippen molar-refractivity contribution in [1.29, 1.82) is 0 Å². The van der Waals surface area contributed by atoms with E-state index in [4.69, 9.17) is 4.42 Å². The van der Waals surface area contributed by atoms with Crippen LogP contribution in [0.15, 0.2) is 217 Å². The van der Waals surface area contributed by atoms with Gasteiger partial charge in [0, 0.05) is 38.7 Å². The van der Waals surface area contributed by atoms with Gasteiger partial charge in [-0.1, -0.05) is 170 Å². The van der Waals surface area contributed by atoms with Crippen molar-refractivity contribution in [2.24, 2.45) is 0 Å². The molecule has 0 fully saturated rings. The number of fused-ring (bicyclic) bond motifs is 8. The van der Waals surface area contributed by atoms with Crippen LogP contribution in [0.4, 0.5) is 17.1 Å². The lowest BCUT2D eigenvalue weighted by Gasteiger charge is -2.28. The van der Waals surface area contributed by atoms with E-state index in [-0.39, 0.29) is 46.7 Å². The molecule has 0 amide bonds. The number of hydrogen-bond acceptors (Lipinski definition) is 2. The van der Waals surface area contributed by atoms with Crippen molar-refractivity contribution in [3.05, 3.63) is 212 Å². The Hall–Kier alpha value is -7.42. The van der Waals surface area contributed by atoms with Crippen LogP contribution in [-0.2, 0) is 0 Å². The molecule has 1 aromatic heterocycles. The molecule has 0 N–H and O–H groups in total. The maximum Gasteiger partial charge on any atom is 0.143 e. The number of anilines is 3. The Bertz CT molecular complexity index is 3670. The van der Waals surface area contributed by atoms with Gasteiger partial charge in [0.2, 0.25) is 0 Å². The molecule has 1 heterocycles. The van der Waals surface area contributed by atoms with Gasteiger partial charge in [0.1, 0.15) is 11.2 Å². The number of rotatable bonds is 6. The van der Waals surface area contributed by atoms with E-state index in [0.29, 0.717) is 39.1 Å². The SMILES string of the molecule is [2H]c1c([2H])c(N(c2ccccc2-c2cccc3c2oc2c4ccccc4ccc32)c2c([2H])c([2H])c(-c3ccc4c(ccc5ccccc54)c3)c([2H])c2[2H])c([2H])c([2H])c1-c1ccccc1. The molecule has 0 unspecified atom stereocenters. The highest BCUT2D eigenvalue weighted by Crippen LogP contribution is 2.45. The highest BCUT2D eigenvalue weighted by molar-refractivity contribution is 6.17. The van der Waals surface area contributed by atoms with Crippen LogP contribution in [0.1, 0.15) is 11.0 Å². The predicted octanol–water partition coefficient (Wildman–Crippen LogP) is 15.5. The molecule has 0 bridgehead atoms. The van der Waals surface area contributed by atoms with Crippen LogP contribution in [0.2, 0.25) is 0 Å². The van der Waals surface area contributed by atoms with Crippen molar-refractivity contribution in [2.45, 2.75) is 0 Å². The third-order valence-electron chi connectivity index (χ3n) is 10.6. The third-order valence-corrected chi connectivity index (χ3v) is 10.6. The smallest absolute Gasteiger partial charge is 0.143 e. The first-order valence-electron chi connectivity index (χ1n) is 22.5. The highest BCUT2D eigenvalue weighted by atomic mass is 16.3. The van der Waals surface area contributed by atoms with Gasteiger partial charge in [0.15, 0.2) is 0 Å². The first-order valence-corrected chi connectivity index (χ1v) is 18.5. The number of benzene rings is 10. The van der Waals surface area contributed by atoms with E-state index in [1.807, 2.05) is 121 Å². The molecule has 2 heteroatoms. The van der Waals surface area contributed by atoms with Gasteiger partial charge < -0.3 is 9.32 Å². The monoisotopic (exact) mass is 721 g/mol. The number of para-hydroxylation sites is 2. The molecule has 2 nitrogen and oxygen atoms in total. The van der Waals surface area contributed by atoms with Gasteiger partial charge >= 0.3 is 0 Å². The molecule has 11 rings (SSSR count). The fourth-order valence-corrected chi connectivity index (χ4v) is 7.88. The van der Waals surface area contributed by atoms with Crippen molar-refractivity contribution in [1.82, 2.24) is 0 Å². The minimum Gasteiger partial charge on any atom is -0.455 e.